The fourth-order valence-corrected chi connectivity index (χ4v) is 4.77. The van der Waals surface area contributed by atoms with Crippen LogP contribution in [0.5, 0.6) is 0 Å². The molecule has 22 heavy (non-hydrogen) atoms. The lowest BCUT2D eigenvalue weighted by Crippen LogP contribution is -2.47. The summed E-state index contributed by atoms with van der Waals surface area (Å²) in [5.41, 5.74) is 0. The maximum absolute atomic E-state index is 13.0. The van der Waals surface area contributed by atoms with Crippen molar-refractivity contribution in [2.24, 2.45) is 5.92 Å². The van der Waals surface area contributed by atoms with E-state index in [1.807, 2.05) is 0 Å². The molecule has 4 nitrogen and oxygen atoms in total. The normalized spacial score (nSPS) is 23.5. The average Bonchev–Trinajstić information content (AvgIpc) is 2.40. The van der Waals surface area contributed by atoms with Gasteiger partial charge in [-0.2, -0.15) is 13.2 Å². The zero-order chi connectivity index (χ0) is 16.5. The van der Waals surface area contributed by atoms with E-state index in [1.54, 1.807) is 0 Å². The van der Waals surface area contributed by atoms with Gasteiger partial charge in [0.15, 0.2) is 0 Å². The molecule has 0 saturated heterocycles. The summed E-state index contributed by atoms with van der Waals surface area (Å²) in [7, 11) is -4.18. The second kappa shape index (κ2) is 6.62. The van der Waals surface area contributed by atoms with Crippen LogP contribution in [0.1, 0.15) is 25.7 Å². The molecule has 1 heterocycles. The fraction of sp³-hybridized carbons (Fsp3) is 0.583. The lowest BCUT2D eigenvalue weighted by molar-refractivity contribution is -0.187. The van der Waals surface area contributed by atoms with E-state index in [2.05, 4.69) is 25.6 Å². The Balaban J connectivity index is 2.29. The first kappa shape index (κ1) is 18.0. The predicted molar refractivity (Wildman–Crippen MR) is 79.1 cm³/mol. The van der Waals surface area contributed by atoms with Crippen molar-refractivity contribution < 1.29 is 21.6 Å². The van der Waals surface area contributed by atoms with Crippen LogP contribution in [0.2, 0.25) is 5.15 Å². The third kappa shape index (κ3) is 4.12. The van der Waals surface area contributed by atoms with Crippen molar-refractivity contribution in [1.29, 1.82) is 0 Å². The Labute approximate surface area is 139 Å². The Morgan fingerprint density at radius 3 is 2.59 bits per heavy atom. The van der Waals surface area contributed by atoms with Crippen LogP contribution in [-0.2, 0) is 10.0 Å². The van der Waals surface area contributed by atoms with Crippen LogP contribution < -0.4 is 4.72 Å². The molecule has 0 amide bonds. The van der Waals surface area contributed by atoms with Crippen molar-refractivity contribution in [2.75, 3.05) is 0 Å². The Morgan fingerprint density at radius 2 is 1.95 bits per heavy atom. The number of pyridine rings is 1. The molecule has 1 aromatic rings. The topological polar surface area (TPSA) is 59.1 Å². The van der Waals surface area contributed by atoms with Crippen LogP contribution in [0.25, 0.3) is 0 Å². The summed E-state index contributed by atoms with van der Waals surface area (Å²) < 4.78 is 66.3. The molecule has 1 fully saturated rings. The molecule has 0 bridgehead atoms. The smallest absolute Gasteiger partial charge is 0.242 e. The highest BCUT2D eigenvalue weighted by Crippen LogP contribution is 2.38. The maximum Gasteiger partial charge on any atom is 0.393 e. The highest BCUT2D eigenvalue weighted by Gasteiger charge is 2.46. The number of hydrogen-bond acceptors (Lipinski definition) is 3. The van der Waals surface area contributed by atoms with Gasteiger partial charge in [0.2, 0.25) is 10.0 Å². The van der Waals surface area contributed by atoms with E-state index in [4.69, 9.17) is 11.6 Å². The molecule has 2 rings (SSSR count). The third-order valence-electron chi connectivity index (χ3n) is 3.56. The molecule has 0 spiro atoms. The zero-order valence-electron chi connectivity index (χ0n) is 11.2. The summed E-state index contributed by atoms with van der Waals surface area (Å²) in [6.45, 7) is 0. The molecule has 0 radical (unpaired) electrons. The molecule has 1 aliphatic rings. The molecule has 10 heteroatoms. The van der Waals surface area contributed by atoms with Gasteiger partial charge in [-0.25, -0.2) is 18.1 Å². The lowest BCUT2D eigenvalue weighted by Gasteiger charge is -2.33. The molecule has 1 aromatic heterocycles. The van der Waals surface area contributed by atoms with E-state index in [-0.39, 0.29) is 22.9 Å². The number of alkyl halides is 3. The Hall–Kier alpha value is -0.380. The van der Waals surface area contributed by atoms with E-state index in [9.17, 15) is 21.6 Å². The number of sulfonamides is 1. The summed E-state index contributed by atoms with van der Waals surface area (Å²) in [4.78, 5) is 3.35. The van der Waals surface area contributed by atoms with Crippen molar-refractivity contribution in [3.05, 3.63) is 21.9 Å². The number of hydrogen-bond donors (Lipinski definition) is 1. The van der Waals surface area contributed by atoms with Crippen LogP contribution >= 0.6 is 27.5 Å². The molecule has 2 unspecified atom stereocenters. The number of halogens is 5. The van der Waals surface area contributed by atoms with Crippen LogP contribution in [0, 0.1) is 5.92 Å². The first-order valence-corrected chi connectivity index (χ1v) is 9.17. The van der Waals surface area contributed by atoms with Gasteiger partial charge >= 0.3 is 6.18 Å². The highest BCUT2D eigenvalue weighted by atomic mass is 79.9. The highest BCUT2D eigenvalue weighted by molar-refractivity contribution is 9.10. The zero-order valence-corrected chi connectivity index (χ0v) is 14.4. The van der Waals surface area contributed by atoms with Crippen LogP contribution in [-0.4, -0.2) is 25.6 Å². The third-order valence-corrected chi connectivity index (χ3v) is 5.91. The summed E-state index contributed by atoms with van der Waals surface area (Å²) in [6.07, 6.45) is -2.09. The summed E-state index contributed by atoms with van der Waals surface area (Å²) in [5.74, 6) is -1.69. The van der Waals surface area contributed by atoms with E-state index >= 15 is 0 Å². The van der Waals surface area contributed by atoms with Gasteiger partial charge in [-0.3, -0.25) is 0 Å². The Bertz CT molecular complexity index is 654. The minimum Gasteiger partial charge on any atom is -0.242 e. The van der Waals surface area contributed by atoms with Gasteiger partial charge < -0.3 is 0 Å². The number of nitrogens with zero attached hydrogens (tertiary/aromatic N) is 1. The fourth-order valence-electron chi connectivity index (χ4n) is 2.52. The second-order valence-electron chi connectivity index (χ2n) is 5.10. The van der Waals surface area contributed by atoms with Crippen molar-refractivity contribution in [2.45, 2.75) is 42.8 Å². The summed E-state index contributed by atoms with van der Waals surface area (Å²) in [6, 6.07) is 0.0251. The Morgan fingerprint density at radius 1 is 1.32 bits per heavy atom. The van der Waals surface area contributed by atoms with Gasteiger partial charge in [0, 0.05) is 16.7 Å². The van der Waals surface area contributed by atoms with Gasteiger partial charge in [-0.1, -0.05) is 24.4 Å². The van der Waals surface area contributed by atoms with E-state index in [1.165, 1.54) is 12.3 Å². The van der Waals surface area contributed by atoms with Crippen LogP contribution in [0.15, 0.2) is 21.6 Å². The average molecular weight is 422 g/mol. The molecule has 2 atom stereocenters. The summed E-state index contributed by atoms with van der Waals surface area (Å²) in [5, 5.41) is -0.282. The van der Waals surface area contributed by atoms with Gasteiger partial charge in [0.1, 0.15) is 10.0 Å². The molecular formula is C12H13BrClF3N2O2S. The van der Waals surface area contributed by atoms with Crippen LogP contribution in [0.4, 0.5) is 13.2 Å². The van der Waals surface area contributed by atoms with Gasteiger partial charge in [-0.05, 0) is 34.8 Å². The minimum absolute atomic E-state index is 0.0822. The minimum atomic E-state index is -4.44. The number of aromatic nitrogens is 1. The standard InChI is InChI=1S/C12H13BrClF3N2O2S/c13-7-5-10(11(14)18-6-7)22(20,21)19-9-4-2-1-3-8(9)12(15,16)17/h5-6,8-9,19H,1-4H2. The molecular weight excluding hydrogens is 409 g/mol. The quantitative estimate of drug-likeness (QED) is 0.753. The number of nitrogens with one attached hydrogen (secondary N) is 1. The maximum atomic E-state index is 13.0. The molecule has 1 aliphatic carbocycles. The summed E-state index contributed by atoms with van der Waals surface area (Å²) >= 11 is 8.82. The van der Waals surface area contributed by atoms with Crippen molar-refractivity contribution in [3.8, 4) is 0 Å². The molecule has 1 saturated carbocycles. The molecule has 1 N–H and O–H groups in total. The SMILES string of the molecule is O=S(=O)(NC1CCCCC1C(F)(F)F)c1cc(Br)cnc1Cl. The second-order valence-corrected chi connectivity index (χ2v) is 8.06. The van der Waals surface area contributed by atoms with E-state index in [0.717, 1.165) is 0 Å². The van der Waals surface area contributed by atoms with Crippen molar-refractivity contribution in [1.82, 2.24) is 9.71 Å². The molecule has 0 aliphatic heterocycles. The predicted octanol–water partition coefficient (Wildman–Crippen LogP) is 3.90. The Kier molecular flexibility index (Phi) is 5.41. The van der Waals surface area contributed by atoms with Crippen molar-refractivity contribution >= 4 is 37.6 Å². The molecule has 124 valence electrons. The van der Waals surface area contributed by atoms with E-state index in [0.29, 0.717) is 17.3 Å². The van der Waals surface area contributed by atoms with Crippen molar-refractivity contribution in [3.63, 3.8) is 0 Å². The van der Waals surface area contributed by atoms with Gasteiger partial charge in [0.25, 0.3) is 0 Å². The van der Waals surface area contributed by atoms with E-state index < -0.39 is 28.2 Å². The lowest BCUT2D eigenvalue weighted by atomic mass is 9.85. The monoisotopic (exact) mass is 420 g/mol. The van der Waals surface area contributed by atoms with Crippen LogP contribution in [0.3, 0.4) is 0 Å². The van der Waals surface area contributed by atoms with Gasteiger partial charge in [0.05, 0.1) is 5.92 Å². The first-order chi connectivity index (χ1) is 10.1. The number of rotatable bonds is 3. The van der Waals surface area contributed by atoms with Gasteiger partial charge in [-0.15, -0.1) is 0 Å². The largest absolute Gasteiger partial charge is 0.393 e. The molecule has 0 aromatic carbocycles. The first-order valence-electron chi connectivity index (χ1n) is 6.51.